The molecule has 1 amide bonds. The molecule has 0 aliphatic carbocycles. The molecule has 0 bridgehead atoms. The fraction of sp³-hybridized carbons (Fsp3) is 0.533. The zero-order chi connectivity index (χ0) is 15.6. The van der Waals surface area contributed by atoms with Gasteiger partial charge in [0.05, 0.1) is 23.9 Å². The molecule has 3 atom stereocenters. The van der Waals surface area contributed by atoms with Gasteiger partial charge in [-0.05, 0) is 32.9 Å². The second kappa shape index (κ2) is 6.49. The SMILES string of the molecule is C[C@@H]1CN([C@@H](C)C(=O)Nc2ccc(F)cc2F)C[C@@H](C)O1. The second-order valence-corrected chi connectivity index (χ2v) is 5.50. The Bertz CT molecular complexity index is 514. The van der Waals surface area contributed by atoms with E-state index in [1.165, 1.54) is 6.07 Å². The molecule has 116 valence electrons. The molecule has 6 heteroatoms. The summed E-state index contributed by atoms with van der Waals surface area (Å²) >= 11 is 0. The lowest BCUT2D eigenvalue weighted by Crippen LogP contribution is -2.52. The maximum absolute atomic E-state index is 13.6. The Hall–Kier alpha value is -1.53. The lowest BCUT2D eigenvalue weighted by Gasteiger charge is -2.38. The number of anilines is 1. The molecule has 0 spiro atoms. The summed E-state index contributed by atoms with van der Waals surface area (Å²) in [6.45, 7) is 6.96. The van der Waals surface area contributed by atoms with Crippen molar-refractivity contribution in [3.63, 3.8) is 0 Å². The van der Waals surface area contributed by atoms with Crippen LogP contribution in [0.5, 0.6) is 0 Å². The summed E-state index contributed by atoms with van der Waals surface area (Å²) in [5.41, 5.74) is -0.0115. The molecule has 1 aliphatic heterocycles. The molecule has 0 aromatic heterocycles. The van der Waals surface area contributed by atoms with Crippen LogP contribution < -0.4 is 5.32 Å². The van der Waals surface area contributed by atoms with Crippen molar-refractivity contribution in [3.8, 4) is 0 Å². The van der Waals surface area contributed by atoms with E-state index >= 15 is 0 Å². The fourth-order valence-corrected chi connectivity index (χ4v) is 2.53. The summed E-state index contributed by atoms with van der Waals surface area (Å²) in [6.07, 6.45) is 0.0955. The standard InChI is InChI=1S/C15H20F2N2O2/c1-9-7-19(8-10(2)21-9)11(3)15(20)18-14-5-4-12(16)6-13(14)17/h4-6,9-11H,7-8H2,1-3H3,(H,18,20)/t9-,10-,11+/m1/s1. The number of halogens is 2. The topological polar surface area (TPSA) is 41.6 Å². The van der Waals surface area contributed by atoms with Gasteiger partial charge in [0, 0.05) is 19.2 Å². The van der Waals surface area contributed by atoms with Crippen molar-refractivity contribution in [1.82, 2.24) is 4.90 Å². The Kier molecular flexibility index (Phi) is 4.90. The normalized spacial score (nSPS) is 24.6. The van der Waals surface area contributed by atoms with E-state index in [1.54, 1.807) is 6.92 Å². The van der Waals surface area contributed by atoms with Crippen LogP contribution in [0.1, 0.15) is 20.8 Å². The number of carbonyl (C=O) groups is 1. The van der Waals surface area contributed by atoms with Crippen LogP contribution in [-0.2, 0) is 9.53 Å². The first kappa shape index (κ1) is 15.9. The molecule has 1 aromatic rings. The number of ether oxygens (including phenoxy) is 1. The highest BCUT2D eigenvalue weighted by Crippen LogP contribution is 2.18. The summed E-state index contributed by atoms with van der Waals surface area (Å²) in [7, 11) is 0. The third-order valence-corrected chi connectivity index (χ3v) is 3.56. The maximum Gasteiger partial charge on any atom is 0.241 e. The molecule has 4 nitrogen and oxygen atoms in total. The van der Waals surface area contributed by atoms with Crippen LogP contribution in [0.15, 0.2) is 18.2 Å². The molecule has 0 unspecified atom stereocenters. The van der Waals surface area contributed by atoms with Gasteiger partial charge >= 0.3 is 0 Å². The van der Waals surface area contributed by atoms with Crippen LogP contribution in [0.4, 0.5) is 14.5 Å². The number of amides is 1. The molecular weight excluding hydrogens is 278 g/mol. The van der Waals surface area contributed by atoms with Crippen molar-refractivity contribution in [2.75, 3.05) is 18.4 Å². The summed E-state index contributed by atoms with van der Waals surface area (Å²) in [6, 6.07) is 2.67. The molecule has 1 aliphatic rings. The third-order valence-electron chi connectivity index (χ3n) is 3.56. The van der Waals surface area contributed by atoms with Crippen LogP contribution in [0.25, 0.3) is 0 Å². The Morgan fingerprint density at radius 2 is 1.95 bits per heavy atom. The third kappa shape index (κ3) is 3.98. The van der Waals surface area contributed by atoms with Crippen molar-refractivity contribution < 1.29 is 18.3 Å². The highest BCUT2D eigenvalue weighted by molar-refractivity contribution is 5.94. The molecule has 0 radical (unpaired) electrons. The van der Waals surface area contributed by atoms with E-state index < -0.39 is 17.7 Å². The zero-order valence-electron chi connectivity index (χ0n) is 12.4. The molecule has 1 fully saturated rings. The van der Waals surface area contributed by atoms with Gasteiger partial charge in [0.25, 0.3) is 0 Å². The van der Waals surface area contributed by atoms with Gasteiger partial charge in [0.2, 0.25) is 5.91 Å². The van der Waals surface area contributed by atoms with E-state index in [0.29, 0.717) is 13.1 Å². The first-order valence-corrected chi connectivity index (χ1v) is 7.02. The van der Waals surface area contributed by atoms with Gasteiger partial charge < -0.3 is 10.1 Å². The average molecular weight is 298 g/mol. The first-order chi connectivity index (χ1) is 9.86. The fourth-order valence-electron chi connectivity index (χ4n) is 2.53. The number of rotatable bonds is 3. The Morgan fingerprint density at radius 3 is 2.52 bits per heavy atom. The number of nitrogens with one attached hydrogen (secondary N) is 1. The van der Waals surface area contributed by atoms with Gasteiger partial charge in [0.15, 0.2) is 0 Å². The maximum atomic E-state index is 13.6. The number of carbonyl (C=O) groups excluding carboxylic acids is 1. The quantitative estimate of drug-likeness (QED) is 0.931. The predicted octanol–water partition coefficient (Wildman–Crippen LogP) is 2.40. The number of hydrogen-bond acceptors (Lipinski definition) is 3. The largest absolute Gasteiger partial charge is 0.373 e. The van der Waals surface area contributed by atoms with Crippen molar-refractivity contribution in [3.05, 3.63) is 29.8 Å². The van der Waals surface area contributed by atoms with Gasteiger partial charge in [0.1, 0.15) is 11.6 Å². The highest BCUT2D eigenvalue weighted by atomic mass is 19.1. The summed E-state index contributed by atoms with van der Waals surface area (Å²) < 4.78 is 32.0. The van der Waals surface area contributed by atoms with E-state index in [4.69, 9.17) is 4.74 Å². The first-order valence-electron chi connectivity index (χ1n) is 7.02. The smallest absolute Gasteiger partial charge is 0.241 e. The van der Waals surface area contributed by atoms with Gasteiger partial charge in [-0.15, -0.1) is 0 Å². The Labute approximate surface area is 123 Å². The molecule has 21 heavy (non-hydrogen) atoms. The number of hydrogen-bond donors (Lipinski definition) is 1. The van der Waals surface area contributed by atoms with Gasteiger partial charge in [-0.1, -0.05) is 0 Å². The van der Waals surface area contributed by atoms with Crippen molar-refractivity contribution in [2.45, 2.75) is 39.0 Å². The second-order valence-electron chi connectivity index (χ2n) is 5.50. The number of benzene rings is 1. The van der Waals surface area contributed by atoms with Crippen LogP contribution in [0.3, 0.4) is 0 Å². The van der Waals surface area contributed by atoms with E-state index in [0.717, 1.165) is 12.1 Å². The Morgan fingerprint density at radius 1 is 1.33 bits per heavy atom. The van der Waals surface area contributed by atoms with Gasteiger partial charge in [-0.3, -0.25) is 9.69 Å². The molecule has 1 N–H and O–H groups in total. The lowest BCUT2D eigenvalue weighted by molar-refractivity contribution is -0.126. The molecular formula is C15H20F2N2O2. The van der Waals surface area contributed by atoms with E-state index in [9.17, 15) is 13.6 Å². The Balaban J connectivity index is 2.02. The monoisotopic (exact) mass is 298 g/mol. The lowest BCUT2D eigenvalue weighted by atomic mass is 10.1. The van der Waals surface area contributed by atoms with E-state index in [-0.39, 0.29) is 23.8 Å². The average Bonchev–Trinajstić information content (AvgIpc) is 2.40. The van der Waals surface area contributed by atoms with Gasteiger partial charge in [-0.25, -0.2) is 8.78 Å². The molecule has 1 saturated heterocycles. The van der Waals surface area contributed by atoms with Crippen molar-refractivity contribution >= 4 is 11.6 Å². The minimum absolute atomic E-state index is 0.0115. The highest BCUT2D eigenvalue weighted by Gasteiger charge is 2.29. The summed E-state index contributed by atoms with van der Waals surface area (Å²) in [5, 5.41) is 2.50. The summed E-state index contributed by atoms with van der Waals surface area (Å²) in [5.74, 6) is -1.77. The van der Waals surface area contributed by atoms with Crippen LogP contribution in [-0.4, -0.2) is 42.1 Å². The van der Waals surface area contributed by atoms with Crippen LogP contribution >= 0.6 is 0 Å². The molecule has 1 heterocycles. The molecule has 0 saturated carbocycles. The molecule has 2 rings (SSSR count). The van der Waals surface area contributed by atoms with Crippen molar-refractivity contribution in [2.24, 2.45) is 0 Å². The minimum atomic E-state index is -0.778. The van der Waals surface area contributed by atoms with Crippen LogP contribution in [0, 0.1) is 11.6 Å². The zero-order valence-corrected chi connectivity index (χ0v) is 12.4. The van der Waals surface area contributed by atoms with E-state index in [1.807, 2.05) is 18.7 Å². The molecule has 1 aromatic carbocycles. The predicted molar refractivity (Wildman–Crippen MR) is 76.0 cm³/mol. The van der Waals surface area contributed by atoms with Gasteiger partial charge in [-0.2, -0.15) is 0 Å². The number of morpholine rings is 1. The van der Waals surface area contributed by atoms with Crippen LogP contribution in [0.2, 0.25) is 0 Å². The van der Waals surface area contributed by atoms with Crippen molar-refractivity contribution in [1.29, 1.82) is 0 Å². The van der Waals surface area contributed by atoms with E-state index in [2.05, 4.69) is 5.32 Å². The number of nitrogens with zero attached hydrogens (tertiary/aromatic N) is 1. The minimum Gasteiger partial charge on any atom is -0.373 e. The summed E-state index contributed by atoms with van der Waals surface area (Å²) in [4.78, 5) is 14.2.